The fraction of sp³-hybridized carbons (Fsp3) is 0.167. The first-order valence-electron chi connectivity index (χ1n) is 10.1. The van der Waals surface area contributed by atoms with Crippen LogP contribution in [0, 0.1) is 13.8 Å². The number of aryl methyl sites for hydroxylation is 2. The van der Waals surface area contributed by atoms with Crippen LogP contribution in [-0.4, -0.2) is 15.7 Å². The maximum Gasteiger partial charge on any atom is 0.292 e. The van der Waals surface area contributed by atoms with Crippen LogP contribution in [0.5, 0.6) is 5.75 Å². The lowest BCUT2D eigenvalue weighted by Crippen LogP contribution is -2.12. The molecule has 2 heterocycles. The van der Waals surface area contributed by atoms with E-state index in [4.69, 9.17) is 44.0 Å². The minimum atomic E-state index is -0.476. The molecule has 0 aliphatic heterocycles. The molecule has 6 nitrogen and oxygen atoms in total. The van der Waals surface area contributed by atoms with E-state index in [0.29, 0.717) is 27.9 Å². The Kier molecular flexibility index (Phi) is 6.98. The zero-order valence-electron chi connectivity index (χ0n) is 17.9. The first-order valence-corrected chi connectivity index (χ1v) is 11.2. The third-order valence-electron chi connectivity index (χ3n) is 4.93. The summed E-state index contributed by atoms with van der Waals surface area (Å²) in [6.45, 7) is 4.47. The van der Waals surface area contributed by atoms with Gasteiger partial charge in [-0.1, -0.05) is 53.0 Å². The molecule has 0 saturated carbocycles. The number of amides is 1. The van der Waals surface area contributed by atoms with E-state index < -0.39 is 5.91 Å². The largest absolute Gasteiger partial charge is 0.485 e. The van der Waals surface area contributed by atoms with Crippen molar-refractivity contribution >= 4 is 46.5 Å². The van der Waals surface area contributed by atoms with Crippen LogP contribution in [0.2, 0.25) is 15.1 Å². The third kappa shape index (κ3) is 5.53. The van der Waals surface area contributed by atoms with Crippen molar-refractivity contribution in [3.8, 4) is 5.75 Å². The molecule has 1 amide bonds. The highest BCUT2D eigenvalue weighted by Gasteiger charge is 2.17. The Morgan fingerprint density at radius 3 is 2.58 bits per heavy atom. The monoisotopic (exact) mass is 503 g/mol. The molecule has 170 valence electrons. The smallest absolute Gasteiger partial charge is 0.292 e. The molecule has 0 aliphatic rings. The number of benzene rings is 2. The van der Waals surface area contributed by atoms with E-state index >= 15 is 0 Å². The normalized spacial score (nSPS) is 10.9. The fourth-order valence-corrected chi connectivity index (χ4v) is 3.88. The minimum Gasteiger partial charge on any atom is -0.485 e. The molecule has 0 fully saturated rings. The van der Waals surface area contributed by atoms with Gasteiger partial charge in [0.2, 0.25) is 0 Å². The van der Waals surface area contributed by atoms with Gasteiger partial charge in [0.1, 0.15) is 23.1 Å². The number of carbonyl (C=O) groups excluding carboxylic acids is 1. The Hall–Kier alpha value is -2.93. The molecular formula is C24H20Cl3N3O3. The number of rotatable bonds is 7. The van der Waals surface area contributed by atoms with Gasteiger partial charge in [0.05, 0.1) is 6.54 Å². The highest BCUT2D eigenvalue weighted by atomic mass is 35.5. The van der Waals surface area contributed by atoms with E-state index in [1.54, 1.807) is 41.2 Å². The highest BCUT2D eigenvalue weighted by Crippen LogP contribution is 2.27. The molecule has 2 aromatic carbocycles. The zero-order chi connectivity index (χ0) is 23.5. The molecule has 33 heavy (non-hydrogen) atoms. The standard InChI is InChI=1S/C24H20Cl3N3O3/c1-14-6-7-15(2)22(10-14)32-13-16-8-9-21(33-16)24(31)28-23-20(27)12-30(29-23)11-17-18(25)4-3-5-19(17)26/h3-10,12H,11,13H2,1-2H3,(H,28,29,31). The van der Waals surface area contributed by atoms with E-state index in [0.717, 1.165) is 16.9 Å². The van der Waals surface area contributed by atoms with E-state index in [1.807, 2.05) is 32.0 Å². The second-order valence-corrected chi connectivity index (χ2v) is 8.72. The number of nitrogens with one attached hydrogen (secondary N) is 1. The molecule has 0 bridgehead atoms. The van der Waals surface area contributed by atoms with Crippen molar-refractivity contribution in [3.63, 3.8) is 0 Å². The molecule has 0 atom stereocenters. The molecule has 4 rings (SSSR count). The third-order valence-corrected chi connectivity index (χ3v) is 5.91. The predicted octanol–water partition coefficient (Wildman–Crippen LogP) is 6.93. The average Bonchev–Trinajstić information content (AvgIpc) is 3.38. The zero-order valence-corrected chi connectivity index (χ0v) is 20.1. The van der Waals surface area contributed by atoms with Crippen LogP contribution in [0.25, 0.3) is 0 Å². The van der Waals surface area contributed by atoms with Gasteiger partial charge in [0.25, 0.3) is 5.91 Å². The van der Waals surface area contributed by atoms with Gasteiger partial charge in [-0.15, -0.1) is 0 Å². The van der Waals surface area contributed by atoms with Gasteiger partial charge in [-0.3, -0.25) is 9.48 Å². The Bertz CT molecular complexity index is 1290. The van der Waals surface area contributed by atoms with Crippen molar-refractivity contribution in [3.05, 3.63) is 98.0 Å². The van der Waals surface area contributed by atoms with E-state index in [9.17, 15) is 4.79 Å². The molecule has 0 unspecified atom stereocenters. The maximum absolute atomic E-state index is 12.6. The highest BCUT2D eigenvalue weighted by molar-refractivity contribution is 6.36. The Morgan fingerprint density at radius 1 is 1.06 bits per heavy atom. The average molecular weight is 505 g/mol. The molecule has 0 aliphatic carbocycles. The second kappa shape index (κ2) is 9.91. The van der Waals surface area contributed by atoms with Crippen molar-refractivity contribution in [2.45, 2.75) is 27.0 Å². The molecule has 0 spiro atoms. The quantitative estimate of drug-likeness (QED) is 0.296. The van der Waals surface area contributed by atoms with Crippen LogP contribution in [0.3, 0.4) is 0 Å². The molecule has 4 aromatic rings. The van der Waals surface area contributed by atoms with Crippen LogP contribution in [-0.2, 0) is 13.2 Å². The van der Waals surface area contributed by atoms with Gasteiger partial charge in [-0.2, -0.15) is 5.10 Å². The summed E-state index contributed by atoms with van der Waals surface area (Å²) in [7, 11) is 0. The van der Waals surface area contributed by atoms with E-state index in [2.05, 4.69) is 10.4 Å². The summed E-state index contributed by atoms with van der Waals surface area (Å²) in [5, 5.41) is 8.30. The summed E-state index contributed by atoms with van der Waals surface area (Å²) in [6.07, 6.45) is 1.59. The summed E-state index contributed by atoms with van der Waals surface area (Å²) in [5.74, 6) is 1.14. The SMILES string of the molecule is Cc1ccc(C)c(OCc2ccc(C(=O)Nc3nn(Cc4c(Cl)cccc4Cl)cc3Cl)o2)c1. The molecule has 9 heteroatoms. The second-order valence-electron chi connectivity index (χ2n) is 7.50. The number of carbonyl (C=O) groups is 1. The summed E-state index contributed by atoms with van der Waals surface area (Å²) >= 11 is 18.7. The number of anilines is 1. The number of furan rings is 1. The van der Waals surface area contributed by atoms with Crippen LogP contribution in [0.4, 0.5) is 5.82 Å². The summed E-state index contributed by atoms with van der Waals surface area (Å²) in [4.78, 5) is 12.6. The maximum atomic E-state index is 12.6. The number of hydrogen-bond donors (Lipinski definition) is 1. The molecule has 1 N–H and O–H groups in total. The van der Waals surface area contributed by atoms with Crippen molar-refractivity contribution in [2.24, 2.45) is 0 Å². The first-order chi connectivity index (χ1) is 15.8. The number of aromatic nitrogens is 2. The molecule has 0 radical (unpaired) electrons. The van der Waals surface area contributed by atoms with Gasteiger partial charge in [-0.05, 0) is 55.3 Å². The minimum absolute atomic E-state index is 0.120. The Balaban J connectivity index is 1.41. The topological polar surface area (TPSA) is 69.3 Å². The number of nitrogens with zero attached hydrogens (tertiary/aromatic N) is 2. The van der Waals surface area contributed by atoms with Crippen molar-refractivity contribution in [1.29, 1.82) is 0 Å². The lowest BCUT2D eigenvalue weighted by molar-refractivity contribution is 0.0992. The first kappa shape index (κ1) is 23.2. The molecule has 2 aromatic heterocycles. The molecule has 0 saturated heterocycles. The summed E-state index contributed by atoms with van der Waals surface area (Å²) in [5.41, 5.74) is 2.83. The Labute approximate surface area is 206 Å². The van der Waals surface area contributed by atoms with Crippen LogP contribution < -0.4 is 10.1 Å². The van der Waals surface area contributed by atoms with Crippen LogP contribution in [0.1, 0.15) is 33.0 Å². The van der Waals surface area contributed by atoms with Crippen molar-refractivity contribution in [1.82, 2.24) is 9.78 Å². The summed E-state index contributed by atoms with van der Waals surface area (Å²) in [6, 6.07) is 14.5. The summed E-state index contributed by atoms with van der Waals surface area (Å²) < 4.78 is 13.0. The number of hydrogen-bond acceptors (Lipinski definition) is 4. The van der Waals surface area contributed by atoms with Crippen LogP contribution >= 0.6 is 34.8 Å². The predicted molar refractivity (Wildman–Crippen MR) is 130 cm³/mol. The van der Waals surface area contributed by atoms with Crippen LogP contribution in [0.15, 0.2) is 59.1 Å². The lowest BCUT2D eigenvalue weighted by atomic mass is 10.1. The van der Waals surface area contributed by atoms with Gasteiger partial charge < -0.3 is 14.5 Å². The van der Waals surface area contributed by atoms with Gasteiger partial charge >= 0.3 is 0 Å². The fourth-order valence-electron chi connectivity index (χ4n) is 3.17. The lowest BCUT2D eigenvalue weighted by Gasteiger charge is -2.08. The number of halogens is 3. The van der Waals surface area contributed by atoms with Crippen molar-refractivity contribution < 1.29 is 13.9 Å². The molecular weight excluding hydrogens is 485 g/mol. The van der Waals surface area contributed by atoms with Gasteiger partial charge in [0, 0.05) is 21.8 Å². The van der Waals surface area contributed by atoms with Gasteiger partial charge in [-0.25, -0.2) is 0 Å². The van der Waals surface area contributed by atoms with E-state index in [-0.39, 0.29) is 23.2 Å². The van der Waals surface area contributed by atoms with Crippen molar-refractivity contribution in [2.75, 3.05) is 5.32 Å². The Morgan fingerprint density at radius 2 is 1.82 bits per heavy atom. The number of ether oxygens (including phenoxy) is 1. The van der Waals surface area contributed by atoms with Gasteiger partial charge in [0.15, 0.2) is 11.6 Å². The van der Waals surface area contributed by atoms with E-state index in [1.165, 1.54) is 0 Å².